The lowest BCUT2D eigenvalue weighted by Gasteiger charge is -2.23. The Balaban J connectivity index is 1.53. The number of ketones is 1. The standard InChI is InChI=1S/C30H32FN3O4/c1-4-28(35)24-7-5-21(13-19(24)2)34-18-33-30-26(32-17-20-9-11-37-12-10-20)15-23(16-27(30)34)38-22-6-8-29(36-3)25(31)14-22/h5-8,13-16,18,20,32H,4,9-12,17H2,1-3H3. The highest BCUT2D eigenvalue weighted by Gasteiger charge is 2.18. The second-order valence-electron chi connectivity index (χ2n) is 9.56. The minimum atomic E-state index is -0.494. The predicted octanol–water partition coefficient (Wildman–Crippen LogP) is 6.71. The van der Waals surface area contributed by atoms with E-state index >= 15 is 0 Å². The van der Waals surface area contributed by atoms with Gasteiger partial charge in [0.2, 0.25) is 0 Å². The summed E-state index contributed by atoms with van der Waals surface area (Å²) < 4.78 is 32.9. The van der Waals surface area contributed by atoms with Gasteiger partial charge in [0.15, 0.2) is 17.3 Å². The maximum absolute atomic E-state index is 14.3. The maximum Gasteiger partial charge on any atom is 0.168 e. The van der Waals surface area contributed by atoms with Crippen molar-refractivity contribution in [1.82, 2.24) is 9.55 Å². The van der Waals surface area contributed by atoms with Crippen molar-refractivity contribution >= 4 is 22.5 Å². The fraction of sp³-hybridized carbons (Fsp3) is 0.333. The molecular formula is C30H32FN3O4. The van der Waals surface area contributed by atoms with Gasteiger partial charge in [-0.3, -0.25) is 9.36 Å². The van der Waals surface area contributed by atoms with Crippen LogP contribution in [-0.2, 0) is 4.74 Å². The largest absolute Gasteiger partial charge is 0.494 e. The van der Waals surface area contributed by atoms with E-state index in [4.69, 9.17) is 19.2 Å². The first kappa shape index (κ1) is 25.7. The van der Waals surface area contributed by atoms with E-state index in [1.165, 1.54) is 13.2 Å². The maximum atomic E-state index is 14.3. The molecule has 2 heterocycles. The number of hydrogen-bond acceptors (Lipinski definition) is 6. The molecule has 0 bridgehead atoms. The molecule has 4 aromatic rings. The lowest BCUT2D eigenvalue weighted by atomic mass is 10.0. The molecule has 1 N–H and O–H groups in total. The van der Waals surface area contributed by atoms with Crippen molar-refractivity contribution < 1.29 is 23.4 Å². The molecular weight excluding hydrogens is 485 g/mol. The Kier molecular flexibility index (Phi) is 7.60. The Hall–Kier alpha value is -3.91. The number of benzene rings is 3. The molecule has 0 unspecified atom stereocenters. The van der Waals surface area contributed by atoms with Gasteiger partial charge in [0.25, 0.3) is 0 Å². The summed E-state index contributed by atoms with van der Waals surface area (Å²) in [7, 11) is 1.43. The number of methoxy groups -OCH3 is 1. The molecule has 0 saturated carbocycles. The second-order valence-corrected chi connectivity index (χ2v) is 9.56. The molecule has 0 amide bonds. The third kappa shape index (κ3) is 5.36. The van der Waals surface area contributed by atoms with E-state index in [2.05, 4.69) is 5.32 Å². The lowest BCUT2D eigenvalue weighted by Crippen LogP contribution is -2.22. The zero-order chi connectivity index (χ0) is 26.6. The van der Waals surface area contributed by atoms with Gasteiger partial charge in [-0.05, 0) is 61.6 Å². The number of aromatic nitrogens is 2. The van der Waals surface area contributed by atoms with Gasteiger partial charge in [-0.2, -0.15) is 0 Å². The summed E-state index contributed by atoms with van der Waals surface area (Å²) in [5, 5.41) is 3.57. The van der Waals surface area contributed by atoms with Crippen molar-refractivity contribution in [3.63, 3.8) is 0 Å². The molecule has 0 atom stereocenters. The Morgan fingerprint density at radius 2 is 1.95 bits per heavy atom. The molecule has 3 aromatic carbocycles. The summed E-state index contributed by atoms with van der Waals surface area (Å²) in [6.07, 6.45) is 4.25. The molecule has 1 aliphatic rings. The van der Waals surface area contributed by atoms with Gasteiger partial charge in [-0.15, -0.1) is 0 Å². The van der Waals surface area contributed by atoms with Crippen LogP contribution < -0.4 is 14.8 Å². The van der Waals surface area contributed by atoms with Gasteiger partial charge >= 0.3 is 0 Å². The number of nitrogens with one attached hydrogen (secondary N) is 1. The number of anilines is 1. The monoisotopic (exact) mass is 517 g/mol. The lowest BCUT2D eigenvalue weighted by molar-refractivity contribution is 0.0699. The van der Waals surface area contributed by atoms with Crippen LogP contribution in [0, 0.1) is 18.7 Å². The molecule has 0 spiro atoms. The molecule has 0 radical (unpaired) electrons. The highest BCUT2D eigenvalue weighted by molar-refractivity contribution is 5.97. The van der Waals surface area contributed by atoms with Crippen LogP contribution in [0.2, 0.25) is 0 Å². The van der Waals surface area contributed by atoms with Gasteiger partial charge in [-0.1, -0.05) is 6.92 Å². The Morgan fingerprint density at radius 3 is 2.66 bits per heavy atom. The predicted molar refractivity (Wildman–Crippen MR) is 145 cm³/mol. The first-order chi connectivity index (χ1) is 18.5. The van der Waals surface area contributed by atoms with E-state index in [9.17, 15) is 9.18 Å². The molecule has 1 aliphatic heterocycles. The van der Waals surface area contributed by atoms with Crippen LogP contribution in [0.15, 0.2) is 54.9 Å². The van der Waals surface area contributed by atoms with Crippen molar-refractivity contribution in [3.8, 4) is 22.9 Å². The summed E-state index contributed by atoms with van der Waals surface area (Å²) in [6.45, 7) is 6.15. The number of carbonyl (C=O) groups excluding carboxylic acids is 1. The van der Waals surface area contributed by atoms with E-state index in [-0.39, 0.29) is 11.5 Å². The van der Waals surface area contributed by atoms with Gasteiger partial charge in [0.1, 0.15) is 23.3 Å². The van der Waals surface area contributed by atoms with Gasteiger partial charge in [-0.25, -0.2) is 9.37 Å². The molecule has 7 nitrogen and oxygen atoms in total. The number of halogens is 1. The van der Waals surface area contributed by atoms with Crippen LogP contribution in [0.3, 0.4) is 0 Å². The molecule has 0 aliphatic carbocycles. The topological polar surface area (TPSA) is 74.6 Å². The fourth-order valence-corrected chi connectivity index (χ4v) is 4.84. The van der Waals surface area contributed by atoms with Crippen LogP contribution in [0.4, 0.5) is 10.1 Å². The number of aryl methyl sites for hydroxylation is 1. The minimum Gasteiger partial charge on any atom is -0.494 e. The minimum absolute atomic E-state index is 0.117. The van der Waals surface area contributed by atoms with Crippen molar-refractivity contribution in [2.45, 2.75) is 33.1 Å². The summed E-state index contributed by atoms with van der Waals surface area (Å²) >= 11 is 0. The number of carbonyl (C=O) groups is 1. The number of imidazole rings is 1. The van der Waals surface area contributed by atoms with Gasteiger partial charge in [0.05, 0.1) is 18.3 Å². The molecule has 1 fully saturated rings. The number of hydrogen-bond donors (Lipinski definition) is 1. The number of Topliss-reactive ketones (excluding diaryl/α,β-unsaturated/α-hetero) is 1. The summed E-state index contributed by atoms with van der Waals surface area (Å²) in [5.41, 5.74) is 5.00. The molecule has 1 aromatic heterocycles. The van der Waals surface area contributed by atoms with Crippen LogP contribution in [0.25, 0.3) is 16.7 Å². The zero-order valence-electron chi connectivity index (χ0n) is 21.9. The van der Waals surface area contributed by atoms with E-state index in [0.29, 0.717) is 23.8 Å². The molecule has 1 saturated heterocycles. The molecule has 38 heavy (non-hydrogen) atoms. The van der Waals surface area contributed by atoms with Crippen LogP contribution in [0.5, 0.6) is 17.2 Å². The number of nitrogens with zero attached hydrogens (tertiary/aromatic N) is 2. The summed E-state index contributed by atoms with van der Waals surface area (Å²) in [4.78, 5) is 17.0. The Morgan fingerprint density at radius 1 is 1.13 bits per heavy atom. The third-order valence-electron chi connectivity index (χ3n) is 7.02. The number of ether oxygens (including phenoxy) is 3. The van der Waals surface area contributed by atoms with Crippen LogP contribution >= 0.6 is 0 Å². The van der Waals surface area contributed by atoms with E-state index in [0.717, 1.165) is 66.1 Å². The third-order valence-corrected chi connectivity index (χ3v) is 7.02. The fourth-order valence-electron chi connectivity index (χ4n) is 4.84. The van der Waals surface area contributed by atoms with Crippen molar-refractivity contribution in [2.75, 3.05) is 32.2 Å². The number of rotatable bonds is 9. The summed E-state index contributed by atoms with van der Waals surface area (Å²) in [5.74, 6) is 1.20. The van der Waals surface area contributed by atoms with Crippen molar-refractivity contribution in [1.29, 1.82) is 0 Å². The smallest absolute Gasteiger partial charge is 0.168 e. The van der Waals surface area contributed by atoms with Gasteiger partial charge in [0, 0.05) is 55.6 Å². The first-order valence-corrected chi connectivity index (χ1v) is 12.9. The van der Waals surface area contributed by atoms with Crippen molar-refractivity contribution in [3.05, 3.63) is 71.8 Å². The average molecular weight is 518 g/mol. The Labute approximate surface area is 221 Å². The normalized spacial score (nSPS) is 14.0. The quantitative estimate of drug-likeness (QED) is 0.249. The summed E-state index contributed by atoms with van der Waals surface area (Å²) in [6, 6.07) is 14.1. The average Bonchev–Trinajstić information content (AvgIpc) is 3.36. The Bertz CT molecular complexity index is 1460. The van der Waals surface area contributed by atoms with Gasteiger partial charge < -0.3 is 19.5 Å². The van der Waals surface area contributed by atoms with Crippen LogP contribution in [-0.4, -0.2) is 42.2 Å². The van der Waals surface area contributed by atoms with E-state index in [1.807, 2.05) is 48.7 Å². The highest BCUT2D eigenvalue weighted by atomic mass is 19.1. The SMILES string of the molecule is CCC(=O)c1ccc(-n2cnc3c(NCC4CCOCC4)cc(Oc4ccc(OC)c(F)c4)cc32)cc1C. The molecule has 8 heteroatoms. The highest BCUT2D eigenvalue weighted by Crippen LogP contribution is 2.34. The van der Waals surface area contributed by atoms with E-state index in [1.54, 1.807) is 18.5 Å². The van der Waals surface area contributed by atoms with Crippen molar-refractivity contribution in [2.24, 2.45) is 5.92 Å². The van der Waals surface area contributed by atoms with E-state index < -0.39 is 5.82 Å². The molecule has 5 rings (SSSR count). The molecule has 198 valence electrons. The first-order valence-electron chi connectivity index (χ1n) is 12.9. The number of fused-ring (bicyclic) bond motifs is 1. The van der Waals surface area contributed by atoms with Crippen LogP contribution in [0.1, 0.15) is 42.1 Å². The second kappa shape index (κ2) is 11.2. The zero-order valence-corrected chi connectivity index (χ0v) is 21.9.